The van der Waals surface area contributed by atoms with Crippen LogP contribution in [0, 0.1) is 10.1 Å². The SMILES string of the molecule is O=C(CP(=O)(O)O)c1ccc([N+](=O)[O-])cc1. The predicted octanol–water partition coefficient (Wildman–Crippen LogP) is 0.955. The fraction of sp³-hybridized carbons (Fsp3) is 0.125. The number of carbonyl (C=O) groups is 1. The first-order valence-corrected chi connectivity index (χ1v) is 5.91. The van der Waals surface area contributed by atoms with E-state index < -0.39 is 24.5 Å². The topological polar surface area (TPSA) is 118 Å². The van der Waals surface area contributed by atoms with Crippen molar-refractivity contribution in [2.45, 2.75) is 0 Å². The minimum Gasteiger partial charge on any atom is -0.324 e. The Morgan fingerprint density at radius 3 is 2.19 bits per heavy atom. The van der Waals surface area contributed by atoms with Gasteiger partial charge in [0.1, 0.15) is 6.16 Å². The van der Waals surface area contributed by atoms with Crippen molar-refractivity contribution in [3.05, 3.63) is 39.9 Å². The Balaban J connectivity index is 2.86. The molecule has 0 radical (unpaired) electrons. The van der Waals surface area contributed by atoms with Crippen LogP contribution in [0.5, 0.6) is 0 Å². The molecule has 0 aromatic heterocycles. The van der Waals surface area contributed by atoms with Gasteiger partial charge in [0.2, 0.25) is 0 Å². The molecule has 0 aliphatic heterocycles. The third-order valence-corrected chi connectivity index (χ3v) is 2.45. The molecule has 0 bridgehead atoms. The summed E-state index contributed by atoms with van der Waals surface area (Å²) < 4.78 is 10.6. The first-order chi connectivity index (χ1) is 7.29. The van der Waals surface area contributed by atoms with Gasteiger partial charge < -0.3 is 9.79 Å². The van der Waals surface area contributed by atoms with Gasteiger partial charge in [-0.1, -0.05) is 0 Å². The van der Waals surface area contributed by atoms with Crippen LogP contribution in [-0.4, -0.2) is 26.7 Å². The molecule has 0 unspecified atom stereocenters. The molecular formula is C8H8NO6P. The number of Topliss-reactive ketones (excluding diaryl/α,β-unsaturated/α-hetero) is 1. The molecule has 2 N–H and O–H groups in total. The first-order valence-electron chi connectivity index (χ1n) is 4.12. The van der Waals surface area contributed by atoms with Crippen molar-refractivity contribution in [1.29, 1.82) is 0 Å². The number of carbonyl (C=O) groups excluding carboxylic acids is 1. The smallest absolute Gasteiger partial charge is 0.324 e. The predicted molar refractivity (Wildman–Crippen MR) is 54.3 cm³/mol. The zero-order valence-corrected chi connectivity index (χ0v) is 8.83. The van der Waals surface area contributed by atoms with Crippen LogP contribution < -0.4 is 0 Å². The van der Waals surface area contributed by atoms with Crippen molar-refractivity contribution in [1.82, 2.24) is 0 Å². The lowest BCUT2D eigenvalue weighted by Gasteiger charge is -2.02. The van der Waals surface area contributed by atoms with E-state index in [1.165, 1.54) is 0 Å². The molecule has 0 amide bonds. The number of non-ortho nitro benzene ring substituents is 1. The third-order valence-electron chi connectivity index (χ3n) is 1.75. The molecule has 8 heteroatoms. The highest BCUT2D eigenvalue weighted by Gasteiger charge is 2.20. The van der Waals surface area contributed by atoms with Crippen molar-refractivity contribution in [3.63, 3.8) is 0 Å². The van der Waals surface area contributed by atoms with E-state index in [2.05, 4.69) is 0 Å². The summed E-state index contributed by atoms with van der Waals surface area (Å²) in [5.74, 6) is -0.747. The summed E-state index contributed by atoms with van der Waals surface area (Å²) in [6, 6.07) is 4.53. The molecule has 86 valence electrons. The van der Waals surface area contributed by atoms with Gasteiger partial charge in [0, 0.05) is 17.7 Å². The van der Waals surface area contributed by atoms with Crippen LogP contribution in [0.15, 0.2) is 24.3 Å². The van der Waals surface area contributed by atoms with Gasteiger partial charge in [0.05, 0.1) is 4.92 Å². The second-order valence-electron chi connectivity index (χ2n) is 3.05. The number of hydrogen-bond acceptors (Lipinski definition) is 4. The average molecular weight is 245 g/mol. The molecule has 1 rings (SSSR count). The van der Waals surface area contributed by atoms with Crippen LogP contribution in [-0.2, 0) is 4.57 Å². The van der Waals surface area contributed by atoms with Gasteiger partial charge in [0.15, 0.2) is 5.78 Å². The number of nitro benzene ring substituents is 1. The number of rotatable bonds is 4. The Kier molecular flexibility index (Phi) is 3.54. The maximum Gasteiger partial charge on any atom is 0.333 e. The van der Waals surface area contributed by atoms with Crippen molar-refractivity contribution >= 4 is 19.1 Å². The zero-order chi connectivity index (χ0) is 12.3. The summed E-state index contributed by atoms with van der Waals surface area (Å²) >= 11 is 0. The molecule has 16 heavy (non-hydrogen) atoms. The molecule has 1 aromatic rings. The summed E-state index contributed by atoms with van der Waals surface area (Å²) in [4.78, 5) is 38.1. The van der Waals surface area contributed by atoms with Crippen LogP contribution in [0.1, 0.15) is 10.4 Å². The van der Waals surface area contributed by atoms with Gasteiger partial charge in [-0.05, 0) is 12.1 Å². The van der Waals surface area contributed by atoms with Gasteiger partial charge in [-0.15, -0.1) is 0 Å². The van der Waals surface area contributed by atoms with E-state index >= 15 is 0 Å². The second-order valence-corrected chi connectivity index (χ2v) is 4.70. The van der Waals surface area contributed by atoms with Gasteiger partial charge in [0.25, 0.3) is 5.69 Å². The third kappa shape index (κ3) is 3.54. The molecule has 0 spiro atoms. The molecule has 0 atom stereocenters. The van der Waals surface area contributed by atoms with Gasteiger partial charge >= 0.3 is 7.60 Å². The minimum atomic E-state index is -4.40. The summed E-state index contributed by atoms with van der Waals surface area (Å²) in [7, 11) is -4.40. The lowest BCUT2D eigenvalue weighted by molar-refractivity contribution is -0.384. The lowest BCUT2D eigenvalue weighted by Crippen LogP contribution is -2.05. The molecule has 1 aromatic carbocycles. The fourth-order valence-corrected chi connectivity index (χ4v) is 1.60. The van der Waals surface area contributed by atoms with E-state index in [0.29, 0.717) is 0 Å². The number of hydrogen-bond donors (Lipinski definition) is 2. The quantitative estimate of drug-likeness (QED) is 0.353. The highest BCUT2D eigenvalue weighted by atomic mass is 31.2. The Bertz CT molecular complexity index is 462. The molecule has 0 saturated carbocycles. The molecule has 0 fully saturated rings. The Morgan fingerprint density at radius 2 is 1.81 bits per heavy atom. The number of benzene rings is 1. The van der Waals surface area contributed by atoms with Crippen LogP contribution in [0.4, 0.5) is 5.69 Å². The van der Waals surface area contributed by atoms with E-state index in [0.717, 1.165) is 24.3 Å². The molecular weight excluding hydrogens is 237 g/mol. The van der Waals surface area contributed by atoms with E-state index in [1.807, 2.05) is 0 Å². The van der Waals surface area contributed by atoms with Gasteiger partial charge in [-0.25, -0.2) is 0 Å². The molecule has 0 aliphatic rings. The van der Waals surface area contributed by atoms with Crippen molar-refractivity contribution in [2.75, 3.05) is 6.16 Å². The second kappa shape index (κ2) is 4.52. The number of nitro groups is 1. The standard InChI is InChI=1S/C8H8NO6P/c10-8(5-16(13,14)15)6-1-3-7(4-2-6)9(11)12/h1-4H,5H2,(H2,13,14,15). The van der Waals surface area contributed by atoms with Crippen LogP contribution in [0.25, 0.3) is 0 Å². The van der Waals surface area contributed by atoms with E-state index in [-0.39, 0.29) is 11.3 Å². The van der Waals surface area contributed by atoms with Crippen molar-refractivity contribution < 1.29 is 24.1 Å². The lowest BCUT2D eigenvalue weighted by atomic mass is 10.1. The molecule has 0 heterocycles. The number of ketones is 1. The monoisotopic (exact) mass is 245 g/mol. The van der Waals surface area contributed by atoms with Crippen LogP contribution in [0.3, 0.4) is 0 Å². The van der Waals surface area contributed by atoms with Gasteiger partial charge in [-0.3, -0.25) is 19.5 Å². The van der Waals surface area contributed by atoms with Crippen molar-refractivity contribution in [2.24, 2.45) is 0 Å². The molecule has 0 aliphatic carbocycles. The van der Waals surface area contributed by atoms with Crippen LogP contribution in [0.2, 0.25) is 0 Å². The minimum absolute atomic E-state index is 0.0360. The summed E-state index contributed by atoms with van der Waals surface area (Å²) in [6.07, 6.45) is -0.898. The first kappa shape index (κ1) is 12.5. The molecule has 7 nitrogen and oxygen atoms in total. The Hall–Kier alpha value is -1.56. The zero-order valence-electron chi connectivity index (χ0n) is 7.94. The van der Waals surface area contributed by atoms with Crippen LogP contribution >= 0.6 is 7.60 Å². The van der Waals surface area contributed by atoms with E-state index in [4.69, 9.17) is 9.79 Å². The maximum atomic E-state index is 11.3. The summed E-state index contributed by atoms with van der Waals surface area (Å²) in [5, 5.41) is 10.3. The average Bonchev–Trinajstić information content (AvgIpc) is 2.15. The normalized spacial score (nSPS) is 11.1. The molecule has 0 saturated heterocycles. The Morgan fingerprint density at radius 1 is 1.31 bits per heavy atom. The maximum absolute atomic E-state index is 11.3. The fourth-order valence-electron chi connectivity index (χ4n) is 1.05. The van der Waals surface area contributed by atoms with E-state index in [1.54, 1.807) is 0 Å². The largest absolute Gasteiger partial charge is 0.333 e. The van der Waals surface area contributed by atoms with E-state index in [9.17, 15) is 19.5 Å². The summed E-state index contributed by atoms with van der Waals surface area (Å²) in [6.45, 7) is 0. The summed E-state index contributed by atoms with van der Waals surface area (Å²) in [5.41, 5.74) is -0.151. The highest BCUT2D eigenvalue weighted by Crippen LogP contribution is 2.34. The highest BCUT2D eigenvalue weighted by molar-refractivity contribution is 7.52. The Labute approximate surface area is 90.0 Å². The van der Waals surface area contributed by atoms with Crippen molar-refractivity contribution in [3.8, 4) is 0 Å². The van der Waals surface area contributed by atoms with Gasteiger partial charge in [-0.2, -0.15) is 0 Å². The number of nitrogens with zero attached hydrogens (tertiary/aromatic N) is 1.